The van der Waals surface area contributed by atoms with Crippen LogP contribution in [0.25, 0.3) is 11.0 Å². The van der Waals surface area contributed by atoms with Crippen LogP contribution in [-0.2, 0) is 11.3 Å². The van der Waals surface area contributed by atoms with E-state index in [4.69, 9.17) is 14.3 Å². The Balaban J connectivity index is 1.46. The second-order valence-corrected chi connectivity index (χ2v) is 5.86. The van der Waals surface area contributed by atoms with E-state index >= 15 is 0 Å². The van der Waals surface area contributed by atoms with Crippen LogP contribution in [0, 0.1) is 6.92 Å². The Morgan fingerprint density at radius 2 is 1.85 bits per heavy atom. The molecule has 0 radical (unpaired) electrons. The second-order valence-electron chi connectivity index (χ2n) is 5.86. The number of hydrogen-bond donors (Lipinski definition) is 2. The Kier molecular flexibility index (Phi) is 5.34. The Hall–Kier alpha value is -3.12. The molecule has 0 saturated heterocycles. The van der Waals surface area contributed by atoms with Crippen molar-refractivity contribution in [2.24, 2.45) is 0 Å². The van der Waals surface area contributed by atoms with Crippen LogP contribution in [0.4, 0.5) is 0 Å². The number of carbonyl (C=O) groups excluding carboxylic acids is 1. The van der Waals surface area contributed by atoms with Gasteiger partial charge in [0.2, 0.25) is 0 Å². The zero-order valence-electron chi connectivity index (χ0n) is 14.3. The summed E-state index contributed by atoms with van der Waals surface area (Å²) >= 11 is 0. The standard InChI is InChI=1S/C20H19NO5/c1-13-16-4-2-3-5-17(16)26-18(13)19(22)21-10-11-25-12-14-6-8-15(9-7-14)20(23)24/h2-9H,10-12H2,1H3,(H,21,22)(H,23,24). The van der Waals surface area contributed by atoms with Gasteiger partial charge in [0.25, 0.3) is 5.91 Å². The first kappa shape index (κ1) is 17.7. The molecule has 0 aliphatic rings. The third-order valence-corrected chi connectivity index (χ3v) is 4.05. The van der Waals surface area contributed by atoms with Gasteiger partial charge in [-0.1, -0.05) is 30.3 Å². The average molecular weight is 353 g/mol. The van der Waals surface area contributed by atoms with Gasteiger partial charge in [0, 0.05) is 17.5 Å². The van der Waals surface area contributed by atoms with Crippen molar-refractivity contribution in [1.29, 1.82) is 0 Å². The van der Waals surface area contributed by atoms with Crippen LogP contribution in [0.1, 0.15) is 32.0 Å². The highest BCUT2D eigenvalue weighted by Gasteiger charge is 2.16. The number of furan rings is 1. The molecule has 3 rings (SSSR count). The van der Waals surface area contributed by atoms with Crippen LogP contribution in [0.3, 0.4) is 0 Å². The number of aryl methyl sites for hydroxylation is 1. The molecule has 0 atom stereocenters. The van der Waals surface area contributed by atoms with Gasteiger partial charge in [-0.05, 0) is 30.7 Å². The molecular formula is C20H19NO5. The first-order chi connectivity index (χ1) is 12.6. The molecule has 6 heteroatoms. The van der Waals surface area contributed by atoms with Crippen molar-refractivity contribution in [3.8, 4) is 0 Å². The Labute approximate surface area is 150 Å². The van der Waals surface area contributed by atoms with E-state index in [1.165, 1.54) is 12.1 Å². The van der Waals surface area contributed by atoms with E-state index in [1.807, 2.05) is 31.2 Å². The summed E-state index contributed by atoms with van der Waals surface area (Å²) in [6.45, 7) is 2.89. The van der Waals surface area contributed by atoms with Crippen LogP contribution in [0.15, 0.2) is 52.9 Å². The largest absolute Gasteiger partial charge is 0.478 e. The minimum absolute atomic E-state index is 0.238. The minimum atomic E-state index is -0.957. The zero-order valence-corrected chi connectivity index (χ0v) is 14.3. The van der Waals surface area contributed by atoms with E-state index in [-0.39, 0.29) is 11.5 Å². The SMILES string of the molecule is Cc1c(C(=O)NCCOCc2ccc(C(=O)O)cc2)oc2ccccc12. The van der Waals surface area contributed by atoms with E-state index < -0.39 is 5.97 Å². The number of nitrogens with one attached hydrogen (secondary N) is 1. The van der Waals surface area contributed by atoms with Crippen LogP contribution >= 0.6 is 0 Å². The maximum atomic E-state index is 12.3. The van der Waals surface area contributed by atoms with Crippen LogP contribution in [-0.4, -0.2) is 30.1 Å². The quantitative estimate of drug-likeness (QED) is 0.636. The van der Waals surface area contributed by atoms with Crippen molar-refractivity contribution in [2.45, 2.75) is 13.5 Å². The monoisotopic (exact) mass is 353 g/mol. The van der Waals surface area contributed by atoms with Crippen molar-refractivity contribution in [3.05, 3.63) is 71.0 Å². The number of benzene rings is 2. The Morgan fingerprint density at radius 1 is 1.12 bits per heavy atom. The summed E-state index contributed by atoms with van der Waals surface area (Å²) in [5.41, 5.74) is 2.62. The summed E-state index contributed by atoms with van der Waals surface area (Å²) in [6, 6.07) is 14.0. The number of aromatic carboxylic acids is 1. The van der Waals surface area contributed by atoms with E-state index in [1.54, 1.807) is 12.1 Å². The fourth-order valence-electron chi connectivity index (χ4n) is 2.64. The third-order valence-electron chi connectivity index (χ3n) is 4.05. The van der Waals surface area contributed by atoms with E-state index in [2.05, 4.69) is 5.32 Å². The molecule has 26 heavy (non-hydrogen) atoms. The maximum absolute atomic E-state index is 12.3. The van der Waals surface area contributed by atoms with Crippen molar-refractivity contribution in [2.75, 3.05) is 13.2 Å². The molecule has 2 aromatic carbocycles. The number of ether oxygens (including phenoxy) is 1. The van der Waals surface area contributed by atoms with Gasteiger partial charge in [0.1, 0.15) is 5.58 Å². The third kappa shape index (κ3) is 3.92. The molecule has 1 aromatic heterocycles. The number of amides is 1. The molecule has 0 fully saturated rings. The number of carbonyl (C=O) groups is 2. The van der Waals surface area contributed by atoms with Gasteiger partial charge < -0.3 is 19.6 Å². The van der Waals surface area contributed by atoms with Gasteiger partial charge in [0.15, 0.2) is 5.76 Å². The first-order valence-electron chi connectivity index (χ1n) is 8.22. The number of fused-ring (bicyclic) bond motifs is 1. The number of rotatable bonds is 7. The number of para-hydroxylation sites is 1. The summed E-state index contributed by atoms with van der Waals surface area (Å²) in [5.74, 6) is -0.912. The fraction of sp³-hybridized carbons (Fsp3) is 0.200. The molecule has 0 aliphatic heterocycles. The maximum Gasteiger partial charge on any atom is 0.335 e. The number of carboxylic acids is 1. The molecule has 0 unspecified atom stereocenters. The van der Waals surface area contributed by atoms with Gasteiger partial charge in [-0.3, -0.25) is 4.79 Å². The number of carboxylic acid groups (broad SMARTS) is 1. The lowest BCUT2D eigenvalue weighted by Gasteiger charge is -2.06. The van der Waals surface area contributed by atoms with Gasteiger partial charge in [-0.25, -0.2) is 4.79 Å². The van der Waals surface area contributed by atoms with Crippen molar-refractivity contribution in [1.82, 2.24) is 5.32 Å². The highest BCUT2D eigenvalue weighted by Crippen LogP contribution is 2.24. The van der Waals surface area contributed by atoms with Crippen LogP contribution < -0.4 is 5.32 Å². The van der Waals surface area contributed by atoms with Gasteiger partial charge in [-0.2, -0.15) is 0 Å². The normalized spacial score (nSPS) is 10.8. The molecule has 6 nitrogen and oxygen atoms in total. The molecule has 0 spiro atoms. The molecule has 0 saturated carbocycles. The van der Waals surface area contributed by atoms with Crippen molar-refractivity contribution >= 4 is 22.8 Å². The van der Waals surface area contributed by atoms with E-state index in [9.17, 15) is 9.59 Å². The Bertz CT molecular complexity index is 927. The molecule has 1 amide bonds. The lowest BCUT2D eigenvalue weighted by atomic mass is 10.1. The summed E-state index contributed by atoms with van der Waals surface area (Å²) in [4.78, 5) is 23.0. The van der Waals surface area contributed by atoms with Crippen LogP contribution in [0.2, 0.25) is 0 Å². The van der Waals surface area contributed by atoms with E-state index in [0.29, 0.717) is 31.1 Å². The molecule has 0 aliphatic carbocycles. The molecule has 0 bridgehead atoms. The fourth-order valence-corrected chi connectivity index (χ4v) is 2.64. The topological polar surface area (TPSA) is 88.8 Å². The summed E-state index contributed by atoms with van der Waals surface area (Å²) in [6.07, 6.45) is 0. The lowest BCUT2D eigenvalue weighted by molar-refractivity contribution is 0.0696. The van der Waals surface area contributed by atoms with Gasteiger partial charge in [-0.15, -0.1) is 0 Å². The summed E-state index contributed by atoms with van der Waals surface area (Å²) < 4.78 is 11.1. The van der Waals surface area contributed by atoms with Crippen LogP contribution in [0.5, 0.6) is 0 Å². The van der Waals surface area contributed by atoms with Crippen molar-refractivity contribution in [3.63, 3.8) is 0 Å². The van der Waals surface area contributed by atoms with Gasteiger partial charge in [0.05, 0.1) is 18.8 Å². The molecule has 2 N–H and O–H groups in total. The Morgan fingerprint density at radius 3 is 2.54 bits per heavy atom. The highest BCUT2D eigenvalue weighted by molar-refractivity contribution is 5.98. The molecule has 3 aromatic rings. The molecular weight excluding hydrogens is 334 g/mol. The van der Waals surface area contributed by atoms with Crippen molar-refractivity contribution < 1.29 is 23.8 Å². The predicted octanol–water partition coefficient (Wildman–Crippen LogP) is 3.39. The smallest absolute Gasteiger partial charge is 0.335 e. The summed E-state index contributed by atoms with van der Waals surface area (Å²) in [5, 5.41) is 12.6. The zero-order chi connectivity index (χ0) is 18.5. The number of hydrogen-bond acceptors (Lipinski definition) is 4. The van der Waals surface area contributed by atoms with Gasteiger partial charge >= 0.3 is 5.97 Å². The molecule has 1 heterocycles. The predicted molar refractivity (Wildman–Crippen MR) is 96.3 cm³/mol. The second kappa shape index (κ2) is 7.84. The first-order valence-corrected chi connectivity index (χ1v) is 8.22. The van der Waals surface area contributed by atoms with E-state index in [0.717, 1.165) is 16.5 Å². The summed E-state index contributed by atoms with van der Waals surface area (Å²) in [7, 11) is 0. The molecule has 134 valence electrons. The highest BCUT2D eigenvalue weighted by atomic mass is 16.5. The lowest BCUT2D eigenvalue weighted by Crippen LogP contribution is -2.27. The minimum Gasteiger partial charge on any atom is -0.478 e. The average Bonchev–Trinajstić information content (AvgIpc) is 2.99.